The first-order valence-corrected chi connectivity index (χ1v) is 6.24. The fourth-order valence-electron chi connectivity index (χ4n) is 2.16. The molecule has 3 aromatic rings. The van der Waals surface area contributed by atoms with Crippen LogP contribution in [0.2, 0.25) is 0 Å². The normalized spacial score (nSPS) is 11.0. The van der Waals surface area contributed by atoms with E-state index in [1.165, 1.54) is 10.8 Å². The van der Waals surface area contributed by atoms with Crippen LogP contribution in [0.3, 0.4) is 0 Å². The van der Waals surface area contributed by atoms with Crippen molar-refractivity contribution < 1.29 is 4.74 Å². The van der Waals surface area contributed by atoms with Crippen LogP contribution in [0.15, 0.2) is 48.8 Å². The summed E-state index contributed by atoms with van der Waals surface area (Å²) in [6, 6.07) is 14.6. The van der Waals surface area contributed by atoms with Crippen LogP contribution < -0.4 is 0 Å². The summed E-state index contributed by atoms with van der Waals surface area (Å²) in [5.74, 6) is 0.878. The Hall–Kier alpha value is -2.20. The molecule has 0 saturated heterocycles. The lowest BCUT2D eigenvalue weighted by molar-refractivity contribution is 0.187. The van der Waals surface area contributed by atoms with Crippen LogP contribution in [0.1, 0.15) is 0 Å². The molecule has 0 unspecified atom stereocenters. The predicted molar refractivity (Wildman–Crippen MR) is 74.8 cm³/mol. The van der Waals surface area contributed by atoms with Crippen LogP contribution in [0.5, 0.6) is 0 Å². The molecule has 4 heteroatoms. The van der Waals surface area contributed by atoms with Gasteiger partial charge in [-0.25, -0.2) is 0 Å². The number of aromatic nitrogens is 3. The van der Waals surface area contributed by atoms with Crippen LogP contribution >= 0.6 is 0 Å². The van der Waals surface area contributed by atoms with Crippen LogP contribution in [0.25, 0.3) is 22.2 Å². The molecule has 0 atom stereocenters. The van der Waals surface area contributed by atoms with Gasteiger partial charge in [-0.3, -0.25) is 0 Å². The first-order valence-electron chi connectivity index (χ1n) is 6.24. The van der Waals surface area contributed by atoms with E-state index >= 15 is 0 Å². The molecule has 96 valence electrons. The van der Waals surface area contributed by atoms with E-state index in [2.05, 4.69) is 40.5 Å². The van der Waals surface area contributed by atoms with Crippen molar-refractivity contribution in [3.05, 3.63) is 48.8 Å². The maximum absolute atomic E-state index is 5.10. The Balaban J connectivity index is 2.01. The van der Waals surface area contributed by atoms with Gasteiger partial charge in [0.25, 0.3) is 0 Å². The molecule has 0 aliphatic rings. The summed E-state index contributed by atoms with van der Waals surface area (Å²) in [5, 5.41) is 10.6. The van der Waals surface area contributed by atoms with Crippen molar-refractivity contribution in [3.8, 4) is 11.4 Å². The Morgan fingerprint density at radius 3 is 2.79 bits per heavy atom. The molecule has 0 aliphatic heterocycles. The van der Waals surface area contributed by atoms with E-state index in [1.54, 1.807) is 13.4 Å². The minimum Gasteiger partial charge on any atom is -0.383 e. The summed E-state index contributed by atoms with van der Waals surface area (Å²) in [5.41, 5.74) is 1.08. The Morgan fingerprint density at radius 2 is 1.95 bits per heavy atom. The van der Waals surface area contributed by atoms with Crippen molar-refractivity contribution >= 4 is 10.8 Å². The predicted octanol–water partition coefficient (Wildman–Crippen LogP) is 2.74. The standard InChI is InChI=1S/C15H15N3O/c1-19-9-8-18-11-16-17-15(18)14-7-6-12-4-2-3-5-13(12)10-14/h2-7,10-11H,8-9H2,1H3. The summed E-state index contributed by atoms with van der Waals surface area (Å²) < 4.78 is 7.11. The van der Waals surface area contributed by atoms with E-state index in [9.17, 15) is 0 Å². The van der Waals surface area contributed by atoms with Gasteiger partial charge in [0, 0.05) is 19.2 Å². The largest absolute Gasteiger partial charge is 0.383 e. The minimum atomic E-state index is 0.651. The highest BCUT2D eigenvalue weighted by molar-refractivity contribution is 5.86. The molecule has 0 N–H and O–H groups in total. The van der Waals surface area contributed by atoms with E-state index in [0.717, 1.165) is 17.9 Å². The van der Waals surface area contributed by atoms with E-state index in [1.807, 2.05) is 16.7 Å². The topological polar surface area (TPSA) is 39.9 Å². The molecule has 19 heavy (non-hydrogen) atoms. The second-order valence-corrected chi connectivity index (χ2v) is 4.40. The number of hydrogen-bond acceptors (Lipinski definition) is 3. The van der Waals surface area contributed by atoms with Crippen LogP contribution in [-0.4, -0.2) is 28.5 Å². The fraction of sp³-hybridized carbons (Fsp3) is 0.200. The van der Waals surface area contributed by atoms with Gasteiger partial charge in [0.05, 0.1) is 6.61 Å². The molecule has 0 radical (unpaired) electrons. The van der Waals surface area contributed by atoms with Gasteiger partial charge in [-0.1, -0.05) is 36.4 Å². The Morgan fingerprint density at radius 1 is 1.11 bits per heavy atom. The molecule has 0 amide bonds. The van der Waals surface area contributed by atoms with Crippen molar-refractivity contribution in [2.75, 3.05) is 13.7 Å². The lowest BCUT2D eigenvalue weighted by Gasteiger charge is -2.06. The van der Waals surface area contributed by atoms with Gasteiger partial charge in [0.2, 0.25) is 0 Å². The highest BCUT2D eigenvalue weighted by atomic mass is 16.5. The molecular weight excluding hydrogens is 238 g/mol. The Bertz CT molecular complexity index is 690. The molecule has 1 heterocycles. The Kier molecular flexibility index (Phi) is 3.25. The van der Waals surface area contributed by atoms with E-state index in [0.29, 0.717) is 6.61 Å². The van der Waals surface area contributed by atoms with Crippen molar-refractivity contribution in [1.29, 1.82) is 0 Å². The number of rotatable bonds is 4. The maximum Gasteiger partial charge on any atom is 0.163 e. The molecule has 0 fully saturated rings. The molecular formula is C15H15N3O. The molecule has 2 aromatic carbocycles. The van der Waals surface area contributed by atoms with Gasteiger partial charge in [0.15, 0.2) is 5.82 Å². The number of benzene rings is 2. The van der Waals surface area contributed by atoms with Gasteiger partial charge in [-0.2, -0.15) is 0 Å². The van der Waals surface area contributed by atoms with E-state index in [4.69, 9.17) is 4.74 Å². The number of ether oxygens (including phenoxy) is 1. The third-order valence-electron chi connectivity index (χ3n) is 3.16. The van der Waals surface area contributed by atoms with Crippen molar-refractivity contribution in [3.63, 3.8) is 0 Å². The van der Waals surface area contributed by atoms with E-state index < -0.39 is 0 Å². The van der Waals surface area contributed by atoms with Gasteiger partial charge >= 0.3 is 0 Å². The molecule has 4 nitrogen and oxygen atoms in total. The van der Waals surface area contributed by atoms with Crippen molar-refractivity contribution in [2.24, 2.45) is 0 Å². The zero-order valence-electron chi connectivity index (χ0n) is 10.8. The summed E-state index contributed by atoms with van der Waals surface area (Å²) in [6.07, 6.45) is 1.74. The zero-order chi connectivity index (χ0) is 13.1. The van der Waals surface area contributed by atoms with Gasteiger partial charge < -0.3 is 9.30 Å². The minimum absolute atomic E-state index is 0.651. The smallest absolute Gasteiger partial charge is 0.163 e. The zero-order valence-corrected chi connectivity index (χ0v) is 10.8. The van der Waals surface area contributed by atoms with Gasteiger partial charge in [0.1, 0.15) is 6.33 Å². The molecule has 0 spiro atoms. The van der Waals surface area contributed by atoms with Crippen LogP contribution in [0.4, 0.5) is 0 Å². The second kappa shape index (κ2) is 5.20. The average molecular weight is 253 g/mol. The molecule has 3 rings (SSSR count). The molecule has 1 aromatic heterocycles. The number of fused-ring (bicyclic) bond motifs is 1. The number of methoxy groups -OCH3 is 1. The summed E-state index contributed by atoms with van der Waals surface area (Å²) in [7, 11) is 1.69. The lowest BCUT2D eigenvalue weighted by Crippen LogP contribution is -2.04. The monoisotopic (exact) mass is 253 g/mol. The number of hydrogen-bond donors (Lipinski definition) is 0. The van der Waals surface area contributed by atoms with Crippen molar-refractivity contribution in [2.45, 2.75) is 6.54 Å². The van der Waals surface area contributed by atoms with E-state index in [-0.39, 0.29) is 0 Å². The lowest BCUT2D eigenvalue weighted by atomic mass is 10.1. The average Bonchev–Trinajstić information content (AvgIpc) is 2.93. The fourth-order valence-corrected chi connectivity index (χ4v) is 2.16. The SMILES string of the molecule is COCCn1cnnc1-c1ccc2ccccc2c1. The summed E-state index contributed by atoms with van der Waals surface area (Å²) in [4.78, 5) is 0. The first-order chi connectivity index (χ1) is 9.38. The molecule has 0 saturated carbocycles. The second-order valence-electron chi connectivity index (χ2n) is 4.40. The number of nitrogens with zero attached hydrogens (tertiary/aromatic N) is 3. The summed E-state index contributed by atoms with van der Waals surface area (Å²) >= 11 is 0. The van der Waals surface area contributed by atoms with Crippen LogP contribution in [0, 0.1) is 0 Å². The highest BCUT2D eigenvalue weighted by Crippen LogP contribution is 2.22. The third kappa shape index (κ3) is 2.35. The summed E-state index contributed by atoms with van der Waals surface area (Å²) in [6.45, 7) is 1.41. The quantitative estimate of drug-likeness (QED) is 0.717. The molecule has 0 aliphatic carbocycles. The Labute approximate surface area is 111 Å². The highest BCUT2D eigenvalue weighted by Gasteiger charge is 2.07. The maximum atomic E-state index is 5.10. The third-order valence-corrected chi connectivity index (χ3v) is 3.16. The molecule has 0 bridgehead atoms. The van der Waals surface area contributed by atoms with Crippen LogP contribution in [-0.2, 0) is 11.3 Å². The first kappa shape index (κ1) is 11.9. The van der Waals surface area contributed by atoms with Crippen molar-refractivity contribution in [1.82, 2.24) is 14.8 Å². The van der Waals surface area contributed by atoms with Gasteiger partial charge in [-0.05, 0) is 16.8 Å². The van der Waals surface area contributed by atoms with Gasteiger partial charge in [-0.15, -0.1) is 10.2 Å².